The van der Waals surface area contributed by atoms with Crippen molar-refractivity contribution in [3.63, 3.8) is 0 Å². The van der Waals surface area contributed by atoms with Gasteiger partial charge in [-0.1, -0.05) is 18.2 Å². The van der Waals surface area contributed by atoms with Crippen LogP contribution in [0.25, 0.3) is 0 Å². The van der Waals surface area contributed by atoms with E-state index in [9.17, 15) is 0 Å². The van der Waals surface area contributed by atoms with Crippen molar-refractivity contribution in [1.29, 1.82) is 0 Å². The maximum absolute atomic E-state index is 5.41. The molecule has 19 heavy (non-hydrogen) atoms. The lowest BCUT2D eigenvalue weighted by Gasteiger charge is -2.17. The van der Waals surface area contributed by atoms with E-state index >= 15 is 0 Å². The van der Waals surface area contributed by atoms with Crippen LogP contribution in [0.2, 0.25) is 0 Å². The average Bonchev–Trinajstić information content (AvgIpc) is 2.84. The molecular formula is C15H18BrNOS. The molecule has 0 saturated carbocycles. The Morgan fingerprint density at radius 3 is 2.63 bits per heavy atom. The summed E-state index contributed by atoms with van der Waals surface area (Å²) in [5.41, 5.74) is 1.25. The molecule has 0 fully saturated rings. The third-order valence-corrected chi connectivity index (χ3v) is 4.79. The van der Waals surface area contributed by atoms with Crippen molar-refractivity contribution < 1.29 is 4.74 Å². The molecule has 1 atom stereocenters. The number of nitrogens with one attached hydrogen (secondary N) is 1. The van der Waals surface area contributed by atoms with Gasteiger partial charge in [-0.3, -0.25) is 0 Å². The van der Waals surface area contributed by atoms with Gasteiger partial charge in [-0.25, -0.2) is 0 Å². The molecule has 0 aliphatic rings. The van der Waals surface area contributed by atoms with E-state index < -0.39 is 0 Å². The first kappa shape index (κ1) is 14.6. The number of rotatable bonds is 6. The minimum Gasteiger partial charge on any atom is -0.496 e. The molecule has 1 aromatic heterocycles. The van der Waals surface area contributed by atoms with Crippen molar-refractivity contribution in [3.8, 4) is 5.75 Å². The molecular weight excluding hydrogens is 322 g/mol. The summed E-state index contributed by atoms with van der Waals surface area (Å²) in [5, 5.41) is 3.40. The van der Waals surface area contributed by atoms with Gasteiger partial charge in [0.25, 0.3) is 0 Å². The Bertz CT molecular complexity index is 526. The topological polar surface area (TPSA) is 21.3 Å². The lowest BCUT2D eigenvalue weighted by molar-refractivity contribution is 0.406. The first-order chi connectivity index (χ1) is 9.22. The van der Waals surface area contributed by atoms with Gasteiger partial charge in [-0.15, -0.1) is 11.3 Å². The van der Waals surface area contributed by atoms with Crippen molar-refractivity contribution in [2.75, 3.05) is 14.2 Å². The first-order valence-electron chi connectivity index (χ1n) is 6.26. The highest BCUT2D eigenvalue weighted by molar-refractivity contribution is 9.11. The predicted molar refractivity (Wildman–Crippen MR) is 85.3 cm³/mol. The zero-order valence-corrected chi connectivity index (χ0v) is 13.6. The highest BCUT2D eigenvalue weighted by Crippen LogP contribution is 2.25. The van der Waals surface area contributed by atoms with E-state index in [1.165, 1.54) is 14.2 Å². The van der Waals surface area contributed by atoms with Crippen LogP contribution in [0, 0.1) is 0 Å². The van der Waals surface area contributed by atoms with E-state index in [2.05, 4.69) is 45.5 Å². The molecule has 4 heteroatoms. The molecule has 1 N–H and O–H groups in total. The van der Waals surface area contributed by atoms with Crippen LogP contribution in [-0.4, -0.2) is 20.2 Å². The first-order valence-corrected chi connectivity index (χ1v) is 7.87. The van der Waals surface area contributed by atoms with Gasteiger partial charge in [0.05, 0.1) is 10.9 Å². The molecule has 102 valence electrons. The van der Waals surface area contributed by atoms with Crippen molar-refractivity contribution in [2.45, 2.75) is 18.9 Å². The number of likely N-dealkylation sites (N-methyl/N-ethyl adjacent to an activating group) is 1. The minimum absolute atomic E-state index is 0.418. The highest BCUT2D eigenvalue weighted by Gasteiger charge is 2.12. The van der Waals surface area contributed by atoms with Gasteiger partial charge >= 0.3 is 0 Å². The quantitative estimate of drug-likeness (QED) is 0.861. The van der Waals surface area contributed by atoms with Gasteiger partial charge in [0.2, 0.25) is 0 Å². The smallest absolute Gasteiger partial charge is 0.122 e. The molecule has 0 amide bonds. The number of hydrogen-bond donors (Lipinski definition) is 1. The summed E-state index contributed by atoms with van der Waals surface area (Å²) in [6, 6.07) is 12.9. The molecule has 1 aromatic carbocycles. The van der Waals surface area contributed by atoms with Gasteiger partial charge in [0.15, 0.2) is 0 Å². The highest BCUT2D eigenvalue weighted by atomic mass is 79.9. The second-order valence-electron chi connectivity index (χ2n) is 4.41. The van der Waals surface area contributed by atoms with E-state index in [4.69, 9.17) is 4.74 Å². The molecule has 2 nitrogen and oxygen atoms in total. The maximum Gasteiger partial charge on any atom is 0.122 e. The molecule has 2 rings (SSSR count). The van der Waals surface area contributed by atoms with Crippen LogP contribution < -0.4 is 10.1 Å². The number of hydrogen-bond acceptors (Lipinski definition) is 3. The standard InChI is InChI=1S/C15H18BrNOS/c1-17-12(10-13-7-8-15(16)19-13)9-11-5-3-4-6-14(11)18-2/h3-8,12,17H,9-10H2,1-2H3. The minimum atomic E-state index is 0.418. The van der Waals surface area contributed by atoms with Crippen LogP contribution in [0.1, 0.15) is 10.4 Å². The Hall–Kier alpha value is -0.840. The Kier molecular flexibility index (Phi) is 5.43. The second-order valence-corrected chi connectivity index (χ2v) is 6.96. The average molecular weight is 340 g/mol. The largest absolute Gasteiger partial charge is 0.496 e. The molecule has 1 unspecified atom stereocenters. The monoisotopic (exact) mass is 339 g/mol. The number of para-hydroxylation sites is 1. The fourth-order valence-corrected chi connectivity index (χ4v) is 3.68. The van der Waals surface area contributed by atoms with E-state index in [1.54, 1.807) is 18.4 Å². The third kappa shape index (κ3) is 4.06. The Morgan fingerprint density at radius 2 is 2.00 bits per heavy atom. The van der Waals surface area contributed by atoms with Gasteiger partial charge in [0.1, 0.15) is 5.75 Å². The zero-order chi connectivity index (χ0) is 13.7. The molecule has 2 aromatic rings. The van der Waals surface area contributed by atoms with E-state index in [-0.39, 0.29) is 0 Å². The maximum atomic E-state index is 5.41. The SMILES string of the molecule is CNC(Cc1ccc(Br)s1)Cc1ccccc1OC. The summed E-state index contributed by atoms with van der Waals surface area (Å²) < 4.78 is 6.60. The van der Waals surface area contributed by atoms with Crippen molar-refractivity contribution >= 4 is 27.3 Å². The molecule has 1 heterocycles. The van der Waals surface area contributed by atoms with Crippen molar-refractivity contribution in [1.82, 2.24) is 5.32 Å². The fraction of sp³-hybridized carbons (Fsp3) is 0.333. The van der Waals surface area contributed by atoms with Crippen LogP contribution in [0.15, 0.2) is 40.2 Å². The molecule has 0 saturated heterocycles. The van der Waals surface area contributed by atoms with E-state index in [0.29, 0.717) is 6.04 Å². The van der Waals surface area contributed by atoms with Crippen LogP contribution in [0.4, 0.5) is 0 Å². The lowest BCUT2D eigenvalue weighted by atomic mass is 10.0. The fourth-order valence-electron chi connectivity index (χ4n) is 2.12. The summed E-state index contributed by atoms with van der Waals surface area (Å²) in [6.07, 6.45) is 2.00. The number of halogens is 1. The zero-order valence-electron chi connectivity index (χ0n) is 11.2. The normalized spacial score (nSPS) is 12.4. The lowest BCUT2D eigenvalue weighted by Crippen LogP contribution is -2.29. The Morgan fingerprint density at radius 1 is 1.21 bits per heavy atom. The summed E-state index contributed by atoms with van der Waals surface area (Å²) >= 11 is 5.31. The number of methoxy groups -OCH3 is 1. The second kappa shape index (κ2) is 7.08. The van der Waals surface area contributed by atoms with Crippen molar-refractivity contribution in [2.24, 2.45) is 0 Å². The Balaban J connectivity index is 2.06. The molecule has 0 bridgehead atoms. The molecule has 0 aliphatic carbocycles. The molecule has 0 aliphatic heterocycles. The van der Waals surface area contributed by atoms with E-state index in [0.717, 1.165) is 18.6 Å². The number of thiophene rings is 1. The predicted octanol–water partition coefficient (Wildman–Crippen LogP) is 3.89. The van der Waals surface area contributed by atoms with Crippen molar-refractivity contribution in [3.05, 3.63) is 50.6 Å². The van der Waals surface area contributed by atoms with Gasteiger partial charge in [0, 0.05) is 10.9 Å². The van der Waals surface area contributed by atoms with Gasteiger partial charge in [-0.2, -0.15) is 0 Å². The third-order valence-electron chi connectivity index (χ3n) is 3.14. The Labute approximate surface area is 126 Å². The van der Waals surface area contributed by atoms with Crippen LogP contribution in [-0.2, 0) is 12.8 Å². The summed E-state index contributed by atoms with van der Waals surface area (Å²) in [4.78, 5) is 1.39. The van der Waals surface area contributed by atoms with Gasteiger partial charge in [-0.05, 0) is 59.6 Å². The summed E-state index contributed by atoms with van der Waals surface area (Å²) in [7, 11) is 3.74. The van der Waals surface area contributed by atoms with E-state index in [1.807, 2.05) is 19.2 Å². The number of benzene rings is 1. The summed E-state index contributed by atoms with van der Waals surface area (Å²) in [6.45, 7) is 0. The molecule has 0 spiro atoms. The number of ether oxygens (including phenoxy) is 1. The molecule has 0 radical (unpaired) electrons. The summed E-state index contributed by atoms with van der Waals surface area (Å²) in [5.74, 6) is 0.968. The van der Waals surface area contributed by atoms with Crippen LogP contribution in [0.3, 0.4) is 0 Å². The van der Waals surface area contributed by atoms with Crippen LogP contribution in [0.5, 0.6) is 5.75 Å². The van der Waals surface area contributed by atoms with Crippen LogP contribution >= 0.6 is 27.3 Å². The van der Waals surface area contributed by atoms with Gasteiger partial charge < -0.3 is 10.1 Å².